The molecule has 5 nitrogen and oxygen atoms in total. The first-order valence-corrected chi connectivity index (χ1v) is 10.7. The van der Waals surface area contributed by atoms with Crippen molar-refractivity contribution in [2.75, 3.05) is 12.4 Å². The fraction of sp³-hybridized carbons (Fsp3) is 0.0417. The van der Waals surface area contributed by atoms with E-state index in [9.17, 15) is 4.79 Å². The highest BCUT2D eigenvalue weighted by molar-refractivity contribution is 7.22. The van der Waals surface area contributed by atoms with E-state index in [1.807, 2.05) is 66.7 Å². The van der Waals surface area contributed by atoms with Crippen LogP contribution >= 0.6 is 22.9 Å². The van der Waals surface area contributed by atoms with Crippen molar-refractivity contribution >= 4 is 55.1 Å². The lowest BCUT2D eigenvalue weighted by Gasteiger charge is -2.10. The van der Waals surface area contributed by atoms with E-state index in [1.165, 1.54) is 11.3 Å². The molecule has 0 aliphatic carbocycles. The van der Waals surface area contributed by atoms with Gasteiger partial charge in [0, 0.05) is 16.0 Å². The van der Waals surface area contributed by atoms with E-state index >= 15 is 0 Å². The quantitative estimate of drug-likeness (QED) is 0.346. The molecule has 31 heavy (non-hydrogen) atoms. The number of carbonyl (C=O) groups excluding carboxylic acids is 1. The number of methoxy groups -OCH3 is 1. The number of thiazole rings is 1. The molecular formula is C24H16ClN3O2S. The van der Waals surface area contributed by atoms with Gasteiger partial charge in [0.1, 0.15) is 5.75 Å². The van der Waals surface area contributed by atoms with Gasteiger partial charge in [0.05, 0.1) is 34.1 Å². The molecule has 0 spiro atoms. The van der Waals surface area contributed by atoms with Crippen LogP contribution in [0.5, 0.6) is 5.75 Å². The molecule has 5 rings (SSSR count). The molecule has 0 fully saturated rings. The molecular weight excluding hydrogens is 430 g/mol. The molecule has 0 atom stereocenters. The number of aromatic nitrogens is 2. The Labute approximate surface area is 187 Å². The van der Waals surface area contributed by atoms with Crippen LogP contribution in [0.4, 0.5) is 5.13 Å². The minimum atomic E-state index is -0.237. The first kappa shape index (κ1) is 19.5. The van der Waals surface area contributed by atoms with Crippen LogP contribution in [0.1, 0.15) is 10.4 Å². The maximum atomic E-state index is 13.2. The number of amides is 1. The monoisotopic (exact) mass is 445 g/mol. The summed E-state index contributed by atoms with van der Waals surface area (Å²) in [6.07, 6.45) is 0. The summed E-state index contributed by atoms with van der Waals surface area (Å²) in [4.78, 5) is 22.5. The van der Waals surface area contributed by atoms with Gasteiger partial charge in [-0.3, -0.25) is 10.1 Å². The normalized spacial score (nSPS) is 11.0. The Kier molecular flexibility index (Phi) is 5.02. The van der Waals surface area contributed by atoms with Crippen molar-refractivity contribution in [3.05, 3.63) is 83.4 Å². The van der Waals surface area contributed by atoms with Crippen molar-refractivity contribution in [3.63, 3.8) is 0 Å². The van der Waals surface area contributed by atoms with E-state index in [0.29, 0.717) is 21.4 Å². The van der Waals surface area contributed by atoms with Crippen molar-refractivity contribution < 1.29 is 9.53 Å². The molecule has 7 heteroatoms. The first-order valence-electron chi connectivity index (χ1n) is 9.52. The molecule has 0 radical (unpaired) electrons. The van der Waals surface area contributed by atoms with E-state index < -0.39 is 0 Å². The van der Waals surface area contributed by atoms with Gasteiger partial charge in [-0.15, -0.1) is 0 Å². The molecule has 1 N–H and O–H groups in total. The predicted molar refractivity (Wildman–Crippen MR) is 126 cm³/mol. The van der Waals surface area contributed by atoms with Crippen LogP contribution in [0.15, 0.2) is 72.8 Å². The Hall–Kier alpha value is -3.48. The number of ether oxygens (including phenoxy) is 1. The zero-order valence-corrected chi connectivity index (χ0v) is 18.0. The van der Waals surface area contributed by atoms with Crippen molar-refractivity contribution in [2.45, 2.75) is 0 Å². The molecule has 0 bridgehead atoms. The molecule has 152 valence electrons. The summed E-state index contributed by atoms with van der Waals surface area (Å²) >= 11 is 7.45. The summed E-state index contributed by atoms with van der Waals surface area (Å²) in [6.45, 7) is 0. The van der Waals surface area contributed by atoms with Crippen molar-refractivity contribution in [3.8, 4) is 17.0 Å². The second-order valence-corrected chi connectivity index (χ2v) is 8.35. The van der Waals surface area contributed by atoms with Gasteiger partial charge in [0.2, 0.25) is 0 Å². The fourth-order valence-electron chi connectivity index (χ4n) is 3.39. The van der Waals surface area contributed by atoms with Crippen LogP contribution in [0.3, 0.4) is 0 Å². The number of para-hydroxylation sites is 1. The van der Waals surface area contributed by atoms with Gasteiger partial charge >= 0.3 is 0 Å². The summed E-state index contributed by atoms with van der Waals surface area (Å²) in [5.74, 6) is 0.525. The average molecular weight is 446 g/mol. The third-order valence-electron chi connectivity index (χ3n) is 4.92. The maximum Gasteiger partial charge on any atom is 0.258 e. The number of benzene rings is 3. The highest BCUT2D eigenvalue weighted by atomic mass is 35.5. The number of fused-ring (bicyclic) bond motifs is 2. The van der Waals surface area contributed by atoms with Crippen LogP contribution in [0.25, 0.3) is 32.4 Å². The fourth-order valence-corrected chi connectivity index (χ4v) is 4.53. The highest BCUT2D eigenvalue weighted by Crippen LogP contribution is 2.30. The van der Waals surface area contributed by atoms with E-state index in [-0.39, 0.29) is 5.91 Å². The van der Waals surface area contributed by atoms with Crippen molar-refractivity contribution in [2.24, 2.45) is 0 Å². The van der Waals surface area contributed by atoms with E-state index in [4.69, 9.17) is 21.3 Å². The Balaban J connectivity index is 1.55. The zero-order valence-electron chi connectivity index (χ0n) is 16.4. The zero-order chi connectivity index (χ0) is 21.4. The minimum absolute atomic E-state index is 0.237. The van der Waals surface area contributed by atoms with Gasteiger partial charge in [-0.05, 0) is 54.6 Å². The van der Waals surface area contributed by atoms with Crippen LogP contribution in [0.2, 0.25) is 5.02 Å². The lowest BCUT2D eigenvalue weighted by Crippen LogP contribution is -2.13. The molecule has 0 aliphatic rings. The number of hydrogen-bond acceptors (Lipinski definition) is 5. The maximum absolute atomic E-state index is 13.2. The van der Waals surface area contributed by atoms with Crippen LogP contribution < -0.4 is 10.1 Å². The van der Waals surface area contributed by atoms with Gasteiger partial charge in [0.15, 0.2) is 5.13 Å². The molecule has 0 aliphatic heterocycles. The molecule has 0 saturated carbocycles. The third-order valence-corrected chi connectivity index (χ3v) is 6.09. The second-order valence-electron chi connectivity index (χ2n) is 6.89. The number of nitrogens with one attached hydrogen (secondary N) is 1. The molecule has 0 saturated heterocycles. The third kappa shape index (κ3) is 3.83. The average Bonchev–Trinajstić information content (AvgIpc) is 3.19. The summed E-state index contributed by atoms with van der Waals surface area (Å²) in [5, 5.41) is 4.87. The number of pyridine rings is 1. The lowest BCUT2D eigenvalue weighted by molar-refractivity contribution is 0.102. The van der Waals surface area contributed by atoms with Crippen LogP contribution in [-0.4, -0.2) is 23.0 Å². The molecule has 1 amide bonds. The van der Waals surface area contributed by atoms with E-state index in [2.05, 4.69) is 10.3 Å². The number of nitrogens with zero attached hydrogens (tertiary/aromatic N) is 2. The van der Waals surface area contributed by atoms with Gasteiger partial charge in [-0.1, -0.05) is 41.1 Å². The smallest absolute Gasteiger partial charge is 0.258 e. The molecule has 3 aromatic carbocycles. The Morgan fingerprint density at radius 2 is 1.77 bits per heavy atom. The number of halogens is 1. The second kappa shape index (κ2) is 7.98. The number of carbonyl (C=O) groups is 1. The topological polar surface area (TPSA) is 64.1 Å². The lowest BCUT2D eigenvalue weighted by atomic mass is 10.0. The van der Waals surface area contributed by atoms with Crippen LogP contribution in [-0.2, 0) is 0 Å². The minimum Gasteiger partial charge on any atom is -0.497 e. The molecule has 5 aromatic rings. The summed E-state index contributed by atoms with van der Waals surface area (Å²) in [5.41, 5.74) is 3.69. The molecule has 0 unspecified atom stereocenters. The first-order chi connectivity index (χ1) is 15.1. The highest BCUT2D eigenvalue weighted by Gasteiger charge is 2.16. The summed E-state index contributed by atoms with van der Waals surface area (Å²) in [6, 6.07) is 22.5. The Bertz CT molecular complexity index is 1430. The van der Waals surface area contributed by atoms with Crippen molar-refractivity contribution in [1.29, 1.82) is 0 Å². The molecule has 2 heterocycles. The van der Waals surface area contributed by atoms with Gasteiger partial charge in [0.25, 0.3) is 5.91 Å². The van der Waals surface area contributed by atoms with Gasteiger partial charge < -0.3 is 4.74 Å². The summed E-state index contributed by atoms with van der Waals surface area (Å²) in [7, 11) is 1.63. The van der Waals surface area contributed by atoms with E-state index in [1.54, 1.807) is 13.2 Å². The number of rotatable bonds is 4. The Morgan fingerprint density at radius 3 is 2.58 bits per heavy atom. The number of hydrogen-bond donors (Lipinski definition) is 1. The Morgan fingerprint density at radius 1 is 0.968 bits per heavy atom. The SMILES string of the molecule is COc1ccc(-c2cc(C(=O)Nc3nc4ccc(Cl)cc4s3)c3ccccc3n2)cc1. The van der Waals surface area contributed by atoms with Gasteiger partial charge in [-0.2, -0.15) is 0 Å². The summed E-state index contributed by atoms with van der Waals surface area (Å²) < 4.78 is 6.16. The van der Waals surface area contributed by atoms with E-state index in [0.717, 1.165) is 32.4 Å². The standard InChI is InChI=1S/C24H16ClN3O2S/c1-30-16-9-6-14(7-10-16)21-13-18(17-4-2-3-5-19(17)26-21)23(29)28-24-27-20-11-8-15(25)12-22(20)31-24/h2-13H,1H3,(H,27,28,29). The largest absolute Gasteiger partial charge is 0.497 e. The predicted octanol–water partition coefficient (Wildman–Crippen LogP) is 6.43. The van der Waals surface area contributed by atoms with Crippen LogP contribution in [0, 0.1) is 0 Å². The number of anilines is 1. The van der Waals surface area contributed by atoms with Gasteiger partial charge in [-0.25, -0.2) is 9.97 Å². The van der Waals surface area contributed by atoms with Crippen molar-refractivity contribution in [1.82, 2.24) is 9.97 Å². The molecule has 2 aromatic heterocycles.